The second kappa shape index (κ2) is 8.93. The molecule has 1 atom stereocenters. The minimum atomic E-state index is 0.509. The molecule has 0 aliphatic heterocycles. The van der Waals surface area contributed by atoms with Gasteiger partial charge in [-0.3, -0.25) is 9.89 Å². The molecule has 5 heteroatoms. The number of nitrogens with zero attached hydrogens (tertiary/aromatic N) is 2. The van der Waals surface area contributed by atoms with Crippen LogP contribution in [0.5, 0.6) is 0 Å². The highest BCUT2D eigenvalue weighted by molar-refractivity contribution is 7.07. The third-order valence-corrected chi connectivity index (χ3v) is 4.00. The van der Waals surface area contributed by atoms with Crippen LogP contribution in [0.3, 0.4) is 0 Å². The van der Waals surface area contributed by atoms with Gasteiger partial charge in [0.2, 0.25) is 0 Å². The van der Waals surface area contributed by atoms with Gasteiger partial charge in [0.05, 0.1) is 0 Å². The summed E-state index contributed by atoms with van der Waals surface area (Å²) in [5.41, 5.74) is 1.30. The van der Waals surface area contributed by atoms with E-state index < -0.39 is 0 Å². The number of guanidine groups is 1. The van der Waals surface area contributed by atoms with Crippen molar-refractivity contribution in [2.24, 2.45) is 4.99 Å². The smallest absolute Gasteiger partial charge is 0.191 e. The number of likely N-dealkylation sites (N-methyl/N-ethyl adjacent to an activating group) is 1. The minimum absolute atomic E-state index is 0.509. The fraction of sp³-hybridized carbons (Fsp3) is 0.643. The van der Waals surface area contributed by atoms with Gasteiger partial charge in [-0.05, 0) is 42.4 Å². The molecule has 0 fully saturated rings. The summed E-state index contributed by atoms with van der Waals surface area (Å²) in [5.74, 6) is 0.866. The Morgan fingerprint density at radius 2 is 2.11 bits per heavy atom. The van der Waals surface area contributed by atoms with E-state index >= 15 is 0 Å². The largest absolute Gasteiger partial charge is 0.355 e. The van der Waals surface area contributed by atoms with Crippen molar-refractivity contribution in [3.8, 4) is 0 Å². The molecule has 1 rings (SSSR count). The predicted molar refractivity (Wildman–Crippen MR) is 84.9 cm³/mol. The maximum atomic E-state index is 4.25. The monoisotopic (exact) mass is 282 g/mol. The molecule has 0 spiro atoms. The Balaban J connectivity index is 2.32. The van der Waals surface area contributed by atoms with Gasteiger partial charge in [0, 0.05) is 26.2 Å². The lowest BCUT2D eigenvalue weighted by molar-refractivity contribution is 0.231. The van der Waals surface area contributed by atoms with Crippen LogP contribution in [0, 0.1) is 0 Å². The molecule has 108 valence electrons. The van der Waals surface area contributed by atoms with Crippen molar-refractivity contribution >= 4 is 17.3 Å². The lowest BCUT2D eigenvalue weighted by Crippen LogP contribution is -2.45. The molecule has 0 aliphatic rings. The summed E-state index contributed by atoms with van der Waals surface area (Å²) in [6.45, 7) is 10.5. The normalized spacial score (nSPS) is 13.6. The zero-order chi connectivity index (χ0) is 14.1. The molecule has 1 unspecified atom stereocenters. The van der Waals surface area contributed by atoms with Crippen LogP contribution in [-0.2, 0) is 6.54 Å². The van der Waals surface area contributed by atoms with Crippen LogP contribution >= 0.6 is 11.3 Å². The Kier molecular flexibility index (Phi) is 7.52. The van der Waals surface area contributed by atoms with Crippen LogP contribution in [-0.4, -0.2) is 43.6 Å². The molecule has 0 aliphatic carbocycles. The number of aliphatic imine (C=N–C) groups is 1. The number of hydrogen-bond acceptors (Lipinski definition) is 3. The zero-order valence-electron chi connectivity index (χ0n) is 12.4. The maximum Gasteiger partial charge on any atom is 0.191 e. The van der Waals surface area contributed by atoms with Gasteiger partial charge < -0.3 is 10.6 Å². The van der Waals surface area contributed by atoms with Crippen molar-refractivity contribution in [2.45, 2.75) is 33.4 Å². The topological polar surface area (TPSA) is 39.7 Å². The van der Waals surface area contributed by atoms with Gasteiger partial charge in [-0.2, -0.15) is 11.3 Å². The molecule has 0 saturated carbocycles. The van der Waals surface area contributed by atoms with E-state index in [9.17, 15) is 0 Å². The van der Waals surface area contributed by atoms with E-state index in [-0.39, 0.29) is 0 Å². The van der Waals surface area contributed by atoms with Crippen molar-refractivity contribution < 1.29 is 0 Å². The summed E-state index contributed by atoms with van der Waals surface area (Å²) in [5, 5.41) is 11.0. The molecule has 1 aromatic rings. The highest BCUT2D eigenvalue weighted by atomic mass is 32.1. The van der Waals surface area contributed by atoms with Crippen molar-refractivity contribution in [1.82, 2.24) is 15.5 Å². The van der Waals surface area contributed by atoms with Crippen LogP contribution in [0.1, 0.15) is 26.3 Å². The third-order valence-electron chi connectivity index (χ3n) is 3.26. The van der Waals surface area contributed by atoms with Gasteiger partial charge in [-0.1, -0.05) is 13.8 Å². The van der Waals surface area contributed by atoms with Gasteiger partial charge >= 0.3 is 0 Å². The SMILES string of the molecule is CCN(CC)C(C)CNC(=NC)NCc1ccsc1. The maximum absolute atomic E-state index is 4.25. The molecule has 0 saturated heterocycles. The molecule has 4 nitrogen and oxygen atoms in total. The minimum Gasteiger partial charge on any atom is -0.355 e. The van der Waals surface area contributed by atoms with E-state index in [0.717, 1.165) is 32.1 Å². The van der Waals surface area contributed by atoms with E-state index in [1.807, 2.05) is 7.05 Å². The van der Waals surface area contributed by atoms with E-state index in [2.05, 4.69) is 58.1 Å². The second-order valence-corrected chi connectivity index (χ2v) is 5.29. The van der Waals surface area contributed by atoms with E-state index in [1.165, 1.54) is 5.56 Å². The standard InChI is InChI=1S/C14H26N4S/c1-5-18(6-2)12(3)9-16-14(15-4)17-10-13-7-8-19-11-13/h7-8,11-12H,5-6,9-10H2,1-4H3,(H2,15,16,17). The lowest BCUT2D eigenvalue weighted by Gasteiger charge is -2.27. The lowest BCUT2D eigenvalue weighted by atomic mass is 10.3. The molecule has 0 radical (unpaired) electrons. The van der Waals surface area contributed by atoms with Gasteiger partial charge in [-0.25, -0.2) is 0 Å². The van der Waals surface area contributed by atoms with E-state index in [1.54, 1.807) is 11.3 Å². The summed E-state index contributed by atoms with van der Waals surface area (Å²) < 4.78 is 0. The fourth-order valence-electron chi connectivity index (χ4n) is 2.02. The summed E-state index contributed by atoms with van der Waals surface area (Å²) in [4.78, 5) is 6.68. The van der Waals surface area contributed by atoms with E-state index in [4.69, 9.17) is 0 Å². The average Bonchev–Trinajstić information content (AvgIpc) is 2.93. The van der Waals surface area contributed by atoms with Crippen molar-refractivity contribution in [3.63, 3.8) is 0 Å². The Bertz CT molecular complexity index is 358. The molecule has 0 aromatic carbocycles. The Labute approximate surface area is 120 Å². The molecule has 1 heterocycles. The van der Waals surface area contributed by atoms with Gasteiger partial charge in [0.15, 0.2) is 5.96 Å². The van der Waals surface area contributed by atoms with Crippen molar-refractivity contribution in [2.75, 3.05) is 26.7 Å². The number of nitrogens with one attached hydrogen (secondary N) is 2. The van der Waals surface area contributed by atoms with Crippen LogP contribution in [0.2, 0.25) is 0 Å². The summed E-state index contributed by atoms with van der Waals surface area (Å²) in [6, 6.07) is 2.64. The molecular weight excluding hydrogens is 256 g/mol. The Hall–Kier alpha value is -1.07. The first-order chi connectivity index (χ1) is 9.21. The van der Waals surface area contributed by atoms with Gasteiger partial charge in [0.1, 0.15) is 0 Å². The third kappa shape index (κ3) is 5.61. The molecule has 2 N–H and O–H groups in total. The molecule has 0 amide bonds. The molecule has 0 bridgehead atoms. The van der Waals surface area contributed by atoms with Crippen LogP contribution in [0.25, 0.3) is 0 Å². The quantitative estimate of drug-likeness (QED) is 0.594. The van der Waals surface area contributed by atoms with Crippen LogP contribution in [0.15, 0.2) is 21.8 Å². The van der Waals surface area contributed by atoms with Crippen LogP contribution < -0.4 is 10.6 Å². The Morgan fingerprint density at radius 3 is 2.63 bits per heavy atom. The molecular formula is C14H26N4S. The van der Waals surface area contributed by atoms with Crippen molar-refractivity contribution in [3.05, 3.63) is 22.4 Å². The molecule has 19 heavy (non-hydrogen) atoms. The first-order valence-corrected chi connectivity index (χ1v) is 7.85. The number of thiophene rings is 1. The predicted octanol–water partition coefficient (Wildman–Crippen LogP) is 2.14. The van der Waals surface area contributed by atoms with Gasteiger partial charge in [-0.15, -0.1) is 0 Å². The summed E-state index contributed by atoms with van der Waals surface area (Å²) in [6.07, 6.45) is 0. The second-order valence-electron chi connectivity index (χ2n) is 4.51. The molecule has 1 aromatic heterocycles. The number of rotatable bonds is 7. The first-order valence-electron chi connectivity index (χ1n) is 6.90. The first kappa shape index (κ1) is 16.0. The highest BCUT2D eigenvalue weighted by Crippen LogP contribution is 2.04. The van der Waals surface area contributed by atoms with Crippen LogP contribution in [0.4, 0.5) is 0 Å². The Morgan fingerprint density at radius 1 is 1.37 bits per heavy atom. The number of hydrogen-bond donors (Lipinski definition) is 2. The highest BCUT2D eigenvalue weighted by Gasteiger charge is 2.10. The zero-order valence-corrected chi connectivity index (χ0v) is 13.3. The van der Waals surface area contributed by atoms with Gasteiger partial charge in [0.25, 0.3) is 0 Å². The summed E-state index contributed by atoms with van der Waals surface area (Å²) in [7, 11) is 1.81. The van der Waals surface area contributed by atoms with E-state index in [0.29, 0.717) is 6.04 Å². The fourth-order valence-corrected chi connectivity index (χ4v) is 2.69. The van der Waals surface area contributed by atoms with Crippen molar-refractivity contribution in [1.29, 1.82) is 0 Å². The average molecular weight is 282 g/mol. The summed E-state index contributed by atoms with van der Waals surface area (Å²) >= 11 is 1.72.